The monoisotopic (exact) mass is 174 g/mol. The molecule has 4 heteroatoms. The van der Waals surface area contributed by atoms with Crippen LogP contribution in [0.4, 0.5) is 5.82 Å². The van der Waals surface area contributed by atoms with E-state index in [0.717, 1.165) is 11.4 Å². The molecule has 0 atom stereocenters. The van der Waals surface area contributed by atoms with Gasteiger partial charge in [-0.15, -0.1) is 0 Å². The lowest BCUT2D eigenvalue weighted by atomic mass is 10.3. The molecule has 0 bridgehead atoms. The van der Waals surface area contributed by atoms with Gasteiger partial charge >= 0.3 is 0 Å². The first-order valence-corrected chi connectivity index (χ1v) is 3.98. The molecule has 0 radical (unpaired) electrons. The molecule has 0 saturated heterocycles. The largest absolute Gasteiger partial charge is 0.382 e. The van der Waals surface area contributed by atoms with E-state index in [9.17, 15) is 0 Å². The SMILES string of the molecule is Cc1ccnc(-n2cnc(N)c2)c1. The number of anilines is 1. The van der Waals surface area contributed by atoms with Crippen LogP contribution in [0.1, 0.15) is 5.56 Å². The van der Waals surface area contributed by atoms with Crippen LogP contribution in [0.5, 0.6) is 0 Å². The number of pyridine rings is 1. The highest BCUT2D eigenvalue weighted by Gasteiger charge is 1.98. The lowest BCUT2D eigenvalue weighted by molar-refractivity contribution is 0.988. The van der Waals surface area contributed by atoms with Crippen molar-refractivity contribution in [3.05, 3.63) is 36.4 Å². The fourth-order valence-corrected chi connectivity index (χ4v) is 1.12. The van der Waals surface area contributed by atoms with Crippen molar-refractivity contribution in [2.45, 2.75) is 6.92 Å². The third-order valence-electron chi connectivity index (χ3n) is 1.77. The van der Waals surface area contributed by atoms with Crippen molar-refractivity contribution in [2.75, 3.05) is 5.73 Å². The van der Waals surface area contributed by atoms with Crippen molar-refractivity contribution in [3.63, 3.8) is 0 Å². The minimum absolute atomic E-state index is 0.503. The van der Waals surface area contributed by atoms with Gasteiger partial charge in [0.2, 0.25) is 0 Å². The number of rotatable bonds is 1. The van der Waals surface area contributed by atoms with Gasteiger partial charge in [0.1, 0.15) is 18.0 Å². The molecule has 0 amide bonds. The molecule has 0 aromatic carbocycles. The third-order valence-corrected chi connectivity index (χ3v) is 1.77. The van der Waals surface area contributed by atoms with Gasteiger partial charge in [-0.2, -0.15) is 0 Å². The Bertz CT molecular complexity index is 419. The van der Waals surface area contributed by atoms with Crippen molar-refractivity contribution in [1.29, 1.82) is 0 Å². The van der Waals surface area contributed by atoms with Crippen LogP contribution in [0.15, 0.2) is 30.9 Å². The number of imidazole rings is 1. The average Bonchev–Trinajstić information content (AvgIpc) is 2.52. The maximum absolute atomic E-state index is 5.49. The lowest BCUT2D eigenvalue weighted by Gasteiger charge is -2.00. The van der Waals surface area contributed by atoms with Gasteiger partial charge in [0.05, 0.1) is 6.20 Å². The van der Waals surface area contributed by atoms with E-state index in [4.69, 9.17) is 5.73 Å². The zero-order valence-corrected chi connectivity index (χ0v) is 7.31. The van der Waals surface area contributed by atoms with Crippen molar-refractivity contribution < 1.29 is 0 Å². The summed E-state index contributed by atoms with van der Waals surface area (Å²) >= 11 is 0. The summed E-state index contributed by atoms with van der Waals surface area (Å²) in [5.74, 6) is 1.34. The Morgan fingerprint density at radius 2 is 2.23 bits per heavy atom. The Balaban J connectivity index is 2.46. The number of aromatic nitrogens is 3. The molecule has 0 aliphatic rings. The molecule has 4 nitrogen and oxygen atoms in total. The highest BCUT2D eigenvalue weighted by atomic mass is 15.1. The number of nitrogens with zero attached hydrogens (tertiary/aromatic N) is 3. The molecule has 2 rings (SSSR count). The first-order valence-electron chi connectivity index (χ1n) is 3.98. The minimum atomic E-state index is 0.503. The first kappa shape index (κ1) is 7.79. The minimum Gasteiger partial charge on any atom is -0.382 e. The summed E-state index contributed by atoms with van der Waals surface area (Å²) in [6.45, 7) is 2.02. The van der Waals surface area contributed by atoms with E-state index in [1.807, 2.05) is 19.1 Å². The number of aryl methyl sites for hydroxylation is 1. The molecule has 66 valence electrons. The summed E-state index contributed by atoms with van der Waals surface area (Å²) in [5, 5.41) is 0. The lowest BCUT2D eigenvalue weighted by Crippen LogP contribution is -1.94. The standard InChI is InChI=1S/C9H10N4/c1-7-2-3-11-9(4-7)13-5-8(10)12-6-13/h2-6H,10H2,1H3. The van der Waals surface area contributed by atoms with E-state index in [0.29, 0.717) is 5.82 Å². The summed E-state index contributed by atoms with van der Waals surface area (Å²) in [4.78, 5) is 8.11. The Morgan fingerprint density at radius 3 is 2.85 bits per heavy atom. The molecular weight excluding hydrogens is 164 g/mol. The van der Waals surface area contributed by atoms with Gasteiger partial charge in [0.15, 0.2) is 0 Å². The van der Waals surface area contributed by atoms with E-state index < -0.39 is 0 Å². The molecule has 0 saturated carbocycles. The number of nitrogens with two attached hydrogens (primary N) is 1. The van der Waals surface area contributed by atoms with Gasteiger partial charge in [-0.3, -0.25) is 4.57 Å². The van der Waals surface area contributed by atoms with Gasteiger partial charge in [-0.05, 0) is 24.6 Å². The van der Waals surface area contributed by atoms with Crippen LogP contribution in [0.2, 0.25) is 0 Å². The predicted molar refractivity (Wildman–Crippen MR) is 50.5 cm³/mol. The van der Waals surface area contributed by atoms with Gasteiger partial charge < -0.3 is 5.73 Å². The van der Waals surface area contributed by atoms with E-state index in [2.05, 4.69) is 9.97 Å². The molecule has 0 unspecified atom stereocenters. The van der Waals surface area contributed by atoms with Crippen molar-refractivity contribution in [2.24, 2.45) is 0 Å². The molecule has 0 spiro atoms. The fraction of sp³-hybridized carbons (Fsp3) is 0.111. The van der Waals surface area contributed by atoms with Gasteiger partial charge in [-0.25, -0.2) is 9.97 Å². The number of hydrogen-bond acceptors (Lipinski definition) is 3. The van der Waals surface area contributed by atoms with Crippen LogP contribution in [-0.4, -0.2) is 14.5 Å². The third kappa shape index (κ3) is 1.51. The molecule has 0 fully saturated rings. The van der Waals surface area contributed by atoms with Gasteiger partial charge in [0, 0.05) is 6.20 Å². The molecular formula is C9H10N4. The van der Waals surface area contributed by atoms with Crippen LogP contribution in [0.25, 0.3) is 5.82 Å². The fourth-order valence-electron chi connectivity index (χ4n) is 1.12. The van der Waals surface area contributed by atoms with Crippen LogP contribution in [0.3, 0.4) is 0 Å². The Kier molecular flexibility index (Phi) is 1.73. The zero-order valence-electron chi connectivity index (χ0n) is 7.31. The van der Waals surface area contributed by atoms with Crippen molar-refractivity contribution >= 4 is 5.82 Å². The van der Waals surface area contributed by atoms with Crippen LogP contribution >= 0.6 is 0 Å². The highest BCUT2D eigenvalue weighted by Crippen LogP contribution is 2.07. The molecule has 2 aromatic rings. The second-order valence-electron chi connectivity index (χ2n) is 2.90. The molecule has 0 aliphatic carbocycles. The maximum Gasteiger partial charge on any atom is 0.142 e. The topological polar surface area (TPSA) is 56.7 Å². The molecule has 2 aromatic heterocycles. The summed E-state index contributed by atoms with van der Waals surface area (Å²) < 4.78 is 1.79. The van der Waals surface area contributed by atoms with Gasteiger partial charge in [0.25, 0.3) is 0 Å². The normalized spacial score (nSPS) is 10.2. The van der Waals surface area contributed by atoms with Gasteiger partial charge in [-0.1, -0.05) is 0 Å². The second-order valence-corrected chi connectivity index (χ2v) is 2.90. The Morgan fingerprint density at radius 1 is 1.38 bits per heavy atom. The smallest absolute Gasteiger partial charge is 0.142 e. The van der Waals surface area contributed by atoms with E-state index in [1.54, 1.807) is 23.3 Å². The Labute approximate surface area is 76.1 Å². The van der Waals surface area contributed by atoms with Crippen molar-refractivity contribution in [1.82, 2.24) is 14.5 Å². The second kappa shape index (κ2) is 2.90. The van der Waals surface area contributed by atoms with Crippen molar-refractivity contribution in [3.8, 4) is 5.82 Å². The van der Waals surface area contributed by atoms with Crippen LogP contribution in [0, 0.1) is 6.92 Å². The van der Waals surface area contributed by atoms with Crippen LogP contribution in [-0.2, 0) is 0 Å². The highest BCUT2D eigenvalue weighted by molar-refractivity contribution is 5.32. The van der Waals surface area contributed by atoms with Crippen LogP contribution < -0.4 is 5.73 Å². The summed E-state index contributed by atoms with van der Waals surface area (Å²) in [6.07, 6.45) is 5.15. The van der Waals surface area contributed by atoms with E-state index in [-0.39, 0.29) is 0 Å². The molecule has 13 heavy (non-hydrogen) atoms. The van der Waals surface area contributed by atoms with E-state index in [1.165, 1.54) is 0 Å². The Hall–Kier alpha value is -1.84. The zero-order chi connectivity index (χ0) is 9.26. The first-order chi connectivity index (χ1) is 6.25. The summed E-state index contributed by atoms with van der Waals surface area (Å²) in [5.41, 5.74) is 6.66. The number of nitrogen functional groups attached to an aromatic ring is 1. The molecule has 0 aliphatic heterocycles. The molecule has 2 heterocycles. The number of hydrogen-bond donors (Lipinski definition) is 1. The average molecular weight is 174 g/mol. The predicted octanol–water partition coefficient (Wildman–Crippen LogP) is 1.16. The molecule has 2 N–H and O–H groups in total. The maximum atomic E-state index is 5.49. The summed E-state index contributed by atoms with van der Waals surface area (Å²) in [6, 6.07) is 3.92. The summed E-state index contributed by atoms with van der Waals surface area (Å²) in [7, 11) is 0. The van der Waals surface area contributed by atoms with E-state index >= 15 is 0 Å². The quantitative estimate of drug-likeness (QED) is 0.705.